The van der Waals surface area contributed by atoms with E-state index in [2.05, 4.69) is 0 Å². The second-order valence-corrected chi connectivity index (χ2v) is 3.27. The molecule has 0 unspecified atom stereocenters. The zero-order valence-corrected chi connectivity index (χ0v) is 6.96. The Morgan fingerprint density at radius 1 is 0.615 bits per heavy atom. The van der Waals surface area contributed by atoms with E-state index in [0.29, 0.717) is 0 Å². The van der Waals surface area contributed by atoms with Crippen molar-refractivity contribution in [2.75, 3.05) is 0 Å². The van der Waals surface area contributed by atoms with Gasteiger partial charge in [-0.1, -0.05) is 0 Å². The Balaban J connectivity index is -0.0000000267. The van der Waals surface area contributed by atoms with Crippen LogP contribution in [0.1, 0.15) is 0 Å². The molecule has 13 heavy (non-hydrogen) atoms. The molecule has 76 valence electrons. The average molecular weight is 338 g/mol. The Morgan fingerprint density at radius 2 is 0.615 bits per heavy atom. The van der Waals surface area contributed by atoms with Crippen LogP contribution in [-0.2, 0) is 48.9 Å². The molecule has 0 saturated heterocycles. The van der Waals surface area contributed by atoms with Crippen molar-refractivity contribution in [3.63, 3.8) is 0 Å². The Hall–Kier alpha value is 2.99. The van der Waals surface area contributed by atoms with Gasteiger partial charge in [-0.2, -0.15) is 0 Å². The Bertz CT molecular complexity index is 300. The molecule has 9 nitrogen and oxygen atoms in total. The van der Waals surface area contributed by atoms with Crippen LogP contribution in [0, 0.1) is 0 Å². The first-order chi connectivity index (χ1) is 4.00. The summed E-state index contributed by atoms with van der Waals surface area (Å²) in [5.74, 6) is 0. The molecule has 0 heterocycles. The van der Waals surface area contributed by atoms with Crippen molar-refractivity contribution >= 4 is 103 Å². The van der Waals surface area contributed by atoms with Crippen LogP contribution in [-0.4, -0.2) is 117 Å². The Labute approximate surface area is 161 Å². The molecule has 0 aliphatic carbocycles. The molecule has 0 fully saturated rings. The Kier molecular flexibility index (Phi) is 29.9. The van der Waals surface area contributed by atoms with Gasteiger partial charge in [0.2, 0.25) is 0 Å². The average Bonchev–Trinajstić information content (AvgIpc) is 1.12. The molecule has 0 aliphatic rings. The van der Waals surface area contributed by atoms with Crippen molar-refractivity contribution in [2.24, 2.45) is 0 Å². The maximum absolute atomic E-state index is 8.69. The van der Waals surface area contributed by atoms with Gasteiger partial charge in [0.1, 0.15) is 0 Å². The van der Waals surface area contributed by atoms with Crippen molar-refractivity contribution in [3.8, 4) is 0 Å². The first-order valence-corrected chi connectivity index (χ1v) is 5.21. The van der Waals surface area contributed by atoms with Gasteiger partial charge in [0.25, 0.3) is 0 Å². The summed E-state index contributed by atoms with van der Waals surface area (Å²) in [6, 6.07) is 0. The summed E-state index contributed by atoms with van der Waals surface area (Å²) in [6.45, 7) is 0. The van der Waals surface area contributed by atoms with Crippen LogP contribution in [0.5, 0.6) is 0 Å². The summed E-state index contributed by atoms with van der Waals surface area (Å²) in [6.07, 6.45) is 0. The van der Waals surface area contributed by atoms with Gasteiger partial charge in [-0.05, 0) is 0 Å². The first-order valence-electron chi connectivity index (χ1n) is 1.26. The van der Waals surface area contributed by atoms with Crippen molar-refractivity contribution in [1.82, 2.24) is 0 Å². The quantitative estimate of drug-likeness (QED) is 0.421. The van der Waals surface area contributed by atoms with E-state index < -0.39 is 25.9 Å². The molecular formula is H6K2Mn2O9. The molecule has 0 saturated carbocycles. The summed E-state index contributed by atoms with van der Waals surface area (Å²) < 4.78 is 66.1. The SMILES string of the molecule is O.[KH].[KH].[O]=[Mn](=[O])(=[O])[OH].[O]=[Mn](=[O])(=[O])[OH]. The van der Waals surface area contributed by atoms with Crippen LogP contribution in [0.2, 0.25) is 0 Å². The van der Waals surface area contributed by atoms with E-state index in [1.165, 1.54) is 0 Å². The zero-order valence-electron chi connectivity index (χ0n) is 4.60. The van der Waals surface area contributed by atoms with Gasteiger partial charge in [0.05, 0.1) is 0 Å². The second kappa shape index (κ2) is 13.1. The maximum atomic E-state index is 8.69. The van der Waals surface area contributed by atoms with E-state index in [1.807, 2.05) is 0 Å². The number of hydrogen-bond acceptors (Lipinski definition) is 6. The topological polar surface area (TPSA) is 174 Å². The normalized spacial score (nSPS) is 8.77. The van der Waals surface area contributed by atoms with Crippen LogP contribution < -0.4 is 0 Å². The third-order valence-corrected chi connectivity index (χ3v) is 0. The minimum absolute atomic E-state index is 0. The molecule has 0 aromatic carbocycles. The van der Waals surface area contributed by atoms with E-state index in [-0.39, 0.29) is 108 Å². The fourth-order valence-corrected chi connectivity index (χ4v) is 0. The van der Waals surface area contributed by atoms with Gasteiger partial charge in [0, 0.05) is 0 Å². The molecule has 13 heteroatoms. The molecule has 0 radical (unpaired) electrons. The number of hydrogen-bond donors (Lipinski definition) is 2. The fraction of sp³-hybridized carbons (Fsp3) is 0. The van der Waals surface area contributed by atoms with Crippen molar-refractivity contribution in [2.45, 2.75) is 0 Å². The van der Waals surface area contributed by atoms with Gasteiger partial charge in [-0.25, -0.2) is 0 Å². The van der Waals surface area contributed by atoms with E-state index in [1.54, 1.807) is 0 Å². The van der Waals surface area contributed by atoms with E-state index in [0.717, 1.165) is 0 Å². The summed E-state index contributed by atoms with van der Waals surface area (Å²) in [5.41, 5.74) is 0. The molecule has 4 N–H and O–H groups in total. The molecular weight excluding hydrogens is 332 g/mol. The van der Waals surface area contributed by atoms with Gasteiger partial charge in [-0.3, -0.25) is 0 Å². The standard InChI is InChI=1S/2K.2Mn.3H2O.6O.2H/h;;;;3*1H2;;;;;;;;/q;;2*+1;;;;;;;;;;;/p-2. The molecule has 0 aromatic heterocycles. The summed E-state index contributed by atoms with van der Waals surface area (Å²) in [5, 5.41) is 0. The molecule has 0 spiro atoms. The minimum atomic E-state index is -5.38. The van der Waals surface area contributed by atoms with E-state index in [4.69, 9.17) is 31.4 Å². The summed E-state index contributed by atoms with van der Waals surface area (Å²) in [7, 11) is 0. The third-order valence-electron chi connectivity index (χ3n) is 0. The Morgan fingerprint density at radius 3 is 0.615 bits per heavy atom. The molecule has 0 aromatic rings. The van der Waals surface area contributed by atoms with Crippen LogP contribution in [0.15, 0.2) is 0 Å². The van der Waals surface area contributed by atoms with E-state index >= 15 is 0 Å². The van der Waals surface area contributed by atoms with E-state index in [9.17, 15) is 0 Å². The van der Waals surface area contributed by atoms with Crippen molar-refractivity contribution in [3.05, 3.63) is 0 Å². The molecule has 0 atom stereocenters. The second-order valence-electron chi connectivity index (χ2n) is 0.792. The van der Waals surface area contributed by atoms with Crippen LogP contribution >= 0.6 is 0 Å². The fourth-order valence-electron chi connectivity index (χ4n) is 0. The monoisotopic (exact) mass is 338 g/mol. The molecule has 0 rings (SSSR count). The van der Waals surface area contributed by atoms with Crippen molar-refractivity contribution in [1.29, 1.82) is 0 Å². The predicted molar refractivity (Wildman–Crippen MR) is 26.5 cm³/mol. The molecule has 0 aliphatic heterocycles. The van der Waals surface area contributed by atoms with Crippen LogP contribution in [0.4, 0.5) is 0 Å². The van der Waals surface area contributed by atoms with Crippen LogP contribution in [0.25, 0.3) is 0 Å². The first kappa shape index (κ1) is 29.7. The predicted octanol–water partition coefficient (Wildman–Crippen LogP) is -3.95. The van der Waals surface area contributed by atoms with Gasteiger partial charge < -0.3 is 5.48 Å². The molecule has 0 bridgehead atoms. The molecule has 0 amide bonds. The zero-order chi connectivity index (χ0) is 9.00. The summed E-state index contributed by atoms with van der Waals surface area (Å²) in [4.78, 5) is 0. The third kappa shape index (κ3) is 283. The number of rotatable bonds is 0. The van der Waals surface area contributed by atoms with Crippen molar-refractivity contribution < 1.29 is 62.8 Å². The van der Waals surface area contributed by atoms with Gasteiger partial charge in [-0.15, -0.1) is 0 Å². The van der Waals surface area contributed by atoms with Crippen LogP contribution in [0.3, 0.4) is 0 Å². The van der Waals surface area contributed by atoms with Gasteiger partial charge in [0.15, 0.2) is 0 Å². The van der Waals surface area contributed by atoms with Gasteiger partial charge >= 0.3 is 160 Å². The summed E-state index contributed by atoms with van der Waals surface area (Å²) >= 11 is -10.8.